The Labute approximate surface area is 205 Å². The summed E-state index contributed by atoms with van der Waals surface area (Å²) in [6.07, 6.45) is 0.255. The van der Waals surface area contributed by atoms with Gasteiger partial charge >= 0.3 is 11.8 Å². The molecule has 0 aliphatic rings. The van der Waals surface area contributed by atoms with Gasteiger partial charge in [-0.05, 0) is 45.2 Å². The summed E-state index contributed by atoms with van der Waals surface area (Å²) >= 11 is 0. The maximum absolute atomic E-state index is 13.5. The molecule has 0 aliphatic heterocycles. The van der Waals surface area contributed by atoms with E-state index < -0.39 is 11.7 Å². The van der Waals surface area contributed by atoms with Crippen molar-refractivity contribution >= 4 is 11.7 Å². The van der Waals surface area contributed by atoms with Crippen LogP contribution in [0.4, 0.5) is 4.79 Å². The van der Waals surface area contributed by atoms with Crippen LogP contribution < -0.4 is 21.1 Å². The maximum Gasteiger partial charge on any atom is 0.407 e. The van der Waals surface area contributed by atoms with Gasteiger partial charge in [0.2, 0.25) is 5.88 Å². The van der Waals surface area contributed by atoms with E-state index in [0.29, 0.717) is 43.4 Å². The van der Waals surface area contributed by atoms with E-state index >= 15 is 0 Å². The minimum atomic E-state index is -0.534. The minimum Gasteiger partial charge on any atom is -0.480 e. The number of fused-ring (bicyclic) bond motifs is 1. The van der Waals surface area contributed by atoms with Crippen LogP contribution in [0.1, 0.15) is 58.5 Å². The molecule has 2 heterocycles. The van der Waals surface area contributed by atoms with Crippen molar-refractivity contribution in [3.8, 4) is 5.88 Å². The molecule has 3 rings (SSSR count). The highest BCUT2D eigenvalue weighted by Gasteiger charge is 2.24. The standard InChI is InChI=1S/C25H36N6O4/c1-17(2)21(26-13-10-14-27-23(32)35-25(3,4)5)22-28-19-15-20(34-6)29-31(19)24(33)30(22)16-18-11-8-7-9-12-18/h7-9,11-12,15,17,21,26H,10,13-14,16H2,1-6H3,(H,27,32). The van der Waals surface area contributed by atoms with Gasteiger partial charge in [0, 0.05) is 12.6 Å². The van der Waals surface area contributed by atoms with Crippen molar-refractivity contribution in [2.45, 2.75) is 59.2 Å². The highest BCUT2D eigenvalue weighted by Crippen LogP contribution is 2.21. The molecular weight excluding hydrogens is 448 g/mol. The van der Waals surface area contributed by atoms with E-state index in [-0.39, 0.29) is 17.6 Å². The number of rotatable bonds is 10. The fraction of sp³-hybridized carbons (Fsp3) is 0.520. The van der Waals surface area contributed by atoms with E-state index in [2.05, 4.69) is 29.6 Å². The summed E-state index contributed by atoms with van der Waals surface area (Å²) in [6, 6.07) is 11.2. The predicted octanol–water partition coefficient (Wildman–Crippen LogP) is 3.15. The number of hydrogen-bond donors (Lipinski definition) is 2. The average molecular weight is 485 g/mol. The fourth-order valence-electron chi connectivity index (χ4n) is 3.69. The van der Waals surface area contributed by atoms with Crippen LogP contribution in [-0.2, 0) is 11.3 Å². The van der Waals surface area contributed by atoms with Crippen molar-refractivity contribution in [1.29, 1.82) is 0 Å². The maximum atomic E-state index is 13.5. The Morgan fingerprint density at radius 1 is 1.14 bits per heavy atom. The van der Waals surface area contributed by atoms with Gasteiger partial charge in [-0.15, -0.1) is 5.10 Å². The van der Waals surface area contributed by atoms with Crippen LogP contribution >= 0.6 is 0 Å². The van der Waals surface area contributed by atoms with E-state index in [4.69, 9.17) is 14.5 Å². The molecule has 35 heavy (non-hydrogen) atoms. The molecule has 1 aromatic carbocycles. The zero-order valence-electron chi connectivity index (χ0n) is 21.4. The Hall–Kier alpha value is -3.40. The lowest BCUT2D eigenvalue weighted by Gasteiger charge is -2.25. The topological polar surface area (TPSA) is 112 Å². The van der Waals surface area contributed by atoms with Crippen LogP contribution in [-0.4, -0.2) is 51.1 Å². The number of aromatic nitrogens is 4. The van der Waals surface area contributed by atoms with Crippen LogP contribution in [0.3, 0.4) is 0 Å². The number of amides is 1. The smallest absolute Gasteiger partial charge is 0.407 e. The van der Waals surface area contributed by atoms with Crippen molar-refractivity contribution in [1.82, 2.24) is 29.8 Å². The Morgan fingerprint density at radius 2 is 1.86 bits per heavy atom. The molecule has 0 fully saturated rings. The third kappa shape index (κ3) is 7.05. The van der Waals surface area contributed by atoms with Crippen molar-refractivity contribution < 1.29 is 14.3 Å². The molecule has 0 saturated heterocycles. The number of carbonyl (C=O) groups is 1. The summed E-state index contributed by atoms with van der Waals surface area (Å²) in [6.45, 7) is 11.1. The first-order chi connectivity index (χ1) is 16.6. The van der Waals surface area contributed by atoms with Crippen molar-refractivity contribution in [2.24, 2.45) is 5.92 Å². The van der Waals surface area contributed by atoms with Crippen LogP contribution in [0, 0.1) is 5.92 Å². The number of methoxy groups -OCH3 is 1. The average Bonchev–Trinajstić information content (AvgIpc) is 3.21. The highest BCUT2D eigenvalue weighted by atomic mass is 16.6. The van der Waals surface area contributed by atoms with E-state index in [1.165, 1.54) is 11.6 Å². The van der Waals surface area contributed by atoms with E-state index in [1.807, 2.05) is 51.1 Å². The van der Waals surface area contributed by atoms with Crippen molar-refractivity contribution in [3.63, 3.8) is 0 Å². The number of hydrogen-bond acceptors (Lipinski definition) is 7. The monoisotopic (exact) mass is 484 g/mol. The molecule has 10 heteroatoms. The third-order valence-electron chi connectivity index (χ3n) is 5.31. The zero-order valence-corrected chi connectivity index (χ0v) is 21.4. The highest BCUT2D eigenvalue weighted by molar-refractivity contribution is 5.67. The first-order valence-corrected chi connectivity index (χ1v) is 11.9. The number of carbonyl (C=O) groups excluding carboxylic acids is 1. The van der Waals surface area contributed by atoms with Gasteiger partial charge in [0.05, 0.1) is 19.7 Å². The summed E-state index contributed by atoms with van der Waals surface area (Å²) in [7, 11) is 1.51. The number of alkyl carbamates (subject to hydrolysis) is 1. The van der Waals surface area contributed by atoms with Crippen LogP contribution in [0.2, 0.25) is 0 Å². The first-order valence-electron chi connectivity index (χ1n) is 11.9. The molecule has 0 radical (unpaired) electrons. The minimum absolute atomic E-state index is 0.148. The summed E-state index contributed by atoms with van der Waals surface area (Å²) < 4.78 is 13.4. The summed E-state index contributed by atoms with van der Waals surface area (Å²) in [5.41, 5.74) is 0.607. The molecule has 10 nitrogen and oxygen atoms in total. The molecule has 0 bridgehead atoms. The molecule has 2 aromatic heterocycles. The van der Waals surface area contributed by atoms with Gasteiger partial charge in [0.1, 0.15) is 11.4 Å². The molecule has 0 aliphatic carbocycles. The SMILES string of the molecule is COc1cc2nc(C(NCCCNC(=O)OC(C)(C)C)C(C)C)n(Cc3ccccc3)c(=O)n2n1. The number of ether oxygens (including phenoxy) is 2. The first kappa shape index (κ1) is 26.2. The van der Waals surface area contributed by atoms with Gasteiger partial charge in [-0.2, -0.15) is 4.52 Å². The Balaban J connectivity index is 1.82. The lowest BCUT2D eigenvalue weighted by molar-refractivity contribution is 0.0527. The number of nitrogens with zero attached hydrogens (tertiary/aromatic N) is 4. The molecule has 0 saturated carbocycles. The Kier molecular flexibility index (Phi) is 8.50. The Morgan fingerprint density at radius 3 is 2.49 bits per heavy atom. The lowest BCUT2D eigenvalue weighted by Crippen LogP contribution is -2.38. The summed E-state index contributed by atoms with van der Waals surface area (Å²) in [5.74, 6) is 1.11. The van der Waals surface area contributed by atoms with E-state index in [0.717, 1.165) is 5.56 Å². The van der Waals surface area contributed by atoms with Crippen LogP contribution in [0.15, 0.2) is 41.2 Å². The van der Waals surface area contributed by atoms with Crippen molar-refractivity contribution in [3.05, 3.63) is 58.3 Å². The molecule has 1 unspecified atom stereocenters. The molecule has 3 aromatic rings. The Bertz CT molecular complexity index is 1180. The van der Waals surface area contributed by atoms with Gasteiger partial charge < -0.3 is 20.1 Å². The molecule has 1 atom stereocenters. The lowest BCUT2D eigenvalue weighted by atomic mass is 10.0. The number of nitrogens with one attached hydrogen (secondary N) is 2. The van der Waals surface area contributed by atoms with E-state index in [1.54, 1.807) is 10.6 Å². The van der Waals surface area contributed by atoms with E-state index in [9.17, 15) is 9.59 Å². The summed E-state index contributed by atoms with van der Waals surface area (Å²) in [4.78, 5) is 30.1. The van der Waals surface area contributed by atoms with Gasteiger partial charge in [0.25, 0.3) is 0 Å². The van der Waals surface area contributed by atoms with Gasteiger partial charge in [0.15, 0.2) is 5.65 Å². The predicted molar refractivity (Wildman–Crippen MR) is 134 cm³/mol. The molecular formula is C25H36N6O4. The zero-order chi connectivity index (χ0) is 25.6. The van der Waals surface area contributed by atoms with Gasteiger partial charge in [-0.1, -0.05) is 44.2 Å². The third-order valence-corrected chi connectivity index (χ3v) is 5.31. The van der Waals surface area contributed by atoms with Crippen LogP contribution in [0.5, 0.6) is 5.88 Å². The quantitative estimate of drug-likeness (QED) is 0.425. The van der Waals surface area contributed by atoms with Crippen LogP contribution in [0.25, 0.3) is 5.65 Å². The molecule has 190 valence electrons. The second-order valence-corrected chi connectivity index (χ2v) is 9.74. The molecule has 1 amide bonds. The normalized spacial score (nSPS) is 12.7. The van der Waals surface area contributed by atoms with Gasteiger partial charge in [-0.25, -0.2) is 14.6 Å². The summed E-state index contributed by atoms with van der Waals surface area (Å²) in [5, 5.41) is 10.5. The van der Waals surface area contributed by atoms with Gasteiger partial charge in [-0.3, -0.25) is 4.57 Å². The molecule has 0 spiro atoms. The largest absolute Gasteiger partial charge is 0.480 e. The number of benzene rings is 1. The van der Waals surface area contributed by atoms with Crippen molar-refractivity contribution in [2.75, 3.05) is 20.2 Å². The molecule has 2 N–H and O–H groups in total. The fourth-order valence-corrected chi connectivity index (χ4v) is 3.69. The second-order valence-electron chi connectivity index (χ2n) is 9.74. The second kappa shape index (κ2) is 11.4.